The molecule has 1 amide bonds. The predicted octanol–water partition coefficient (Wildman–Crippen LogP) is 1.61. The monoisotopic (exact) mass is 281 g/mol. The van der Waals surface area contributed by atoms with Crippen molar-refractivity contribution in [1.82, 2.24) is 15.5 Å². The van der Waals surface area contributed by atoms with Crippen molar-refractivity contribution < 1.29 is 4.79 Å². The van der Waals surface area contributed by atoms with Crippen molar-refractivity contribution in [3.63, 3.8) is 0 Å². The Morgan fingerprint density at radius 2 is 1.85 bits per heavy atom. The first-order chi connectivity index (χ1) is 9.46. The SMILES string of the molecule is CC(C)N(CCNC(=O)C1CC12CCNCC2)C(C)C. The lowest BCUT2D eigenvalue weighted by atomic mass is 9.92. The van der Waals surface area contributed by atoms with Gasteiger partial charge in [0.2, 0.25) is 5.91 Å². The van der Waals surface area contributed by atoms with Crippen LogP contribution in [0.15, 0.2) is 0 Å². The Morgan fingerprint density at radius 3 is 2.40 bits per heavy atom. The highest BCUT2D eigenvalue weighted by Gasteiger charge is 2.57. The summed E-state index contributed by atoms with van der Waals surface area (Å²) in [6.07, 6.45) is 3.46. The van der Waals surface area contributed by atoms with Crippen LogP contribution in [0.1, 0.15) is 47.0 Å². The molecule has 1 unspecified atom stereocenters. The first kappa shape index (κ1) is 15.8. The highest BCUT2D eigenvalue weighted by atomic mass is 16.2. The molecule has 1 saturated heterocycles. The summed E-state index contributed by atoms with van der Waals surface area (Å²) in [7, 11) is 0. The molecule has 1 heterocycles. The van der Waals surface area contributed by atoms with Gasteiger partial charge < -0.3 is 10.6 Å². The van der Waals surface area contributed by atoms with Crippen molar-refractivity contribution in [2.45, 2.75) is 59.0 Å². The van der Waals surface area contributed by atoms with Gasteiger partial charge in [-0.25, -0.2) is 0 Å². The van der Waals surface area contributed by atoms with E-state index in [1.165, 1.54) is 12.8 Å². The largest absolute Gasteiger partial charge is 0.355 e. The van der Waals surface area contributed by atoms with E-state index in [1.807, 2.05) is 0 Å². The van der Waals surface area contributed by atoms with Gasteiger partial charge in [0.05, 0.1) is 0 Å². The Morgan fingerprint density at radius 1 is 1.25 bits per heavy atom. The summed E-state index contributed by atoms with van der Waals surface area (Å²) in [5.41, 5.74) is 0.352. The highest BCUT2D eigenvalue weighted by molar-refractivity contribution is 5.82. The van der Waals surface area contributed by atoms with E-state index in [0.717, 1.165) is 32.6 Å². The molecule has 0 bridgehead atoms. The molecule has 2 fully saturated rings. The lowest BCUT2D eigenvalue weighted by molar-refractivity contribution is -0.123. The fourth-order valence-corrected chi connectivity index (χ4v) is 3.74. The molecular weight excluding hydrogens is 250 g/mol. The number of hydrogen-bond acceptors (Lipinski definition) is 3. The van der Waals surface area contributed by atoms with Gasteiger partial charge in [0.15, 0.2) is 0 Å². The summed E-state index contributed by atoms with van der Waals surface area (Å²) >= 11 is 0. The van der Waals surface area contributed by atoms with Gasteiger partial charge in [-0.2, -0.15) is 0 Å². The second-order valence-corrected chi connectivity index (χ2v) is 7.09. The van der Waals surface area contributed by atoms with Crippen LogP contribution in [0.3, 0.4) is 0 Å². The fourth-order valence-electron chi connectivity index (χ4n) is 3.74. The maximum atomic E-state index is 12.2. The van der Waals surface area contributed by atoms with E-state index in [4.69, 9.17) is 0 Å². The number of carbonyl (C=O) groups excluding carboxylic acids is 1. The topological polar surface area (TPSA) is 44.4 Å². The minimum atomic E-state index is 0.288. The van der Waals surface area contributed by atoms with Gasteiger partial charge in [0.25, 0.3) is 0 Å². The second-order valence-electron chi connectivity index (χ2n) is 7.09. The van der Waals surface area contributed by atoms with Gasteiger partial charge in [-0.05, 0) is 65.5 Å². The average molecular weight is 281 g/mol. The van der Waals surface area contributed by atoms with Crippen LogP contribution in [-0.4, -0.2) is 49.1 Å². The van der Waals surface area contributed by atoms with Crippen LogP contribution in [0.25, 0.3) is 0 Å². The van der Waals surface area contributed by atoms with Crippen molar-refractivity contribution >= 4 is 5.91 Å². The van der Waals surface area contributed by atoms with E-state index in [2.05, 4.69) is 43.2 Å². The standard InChI is InChI=1S/C16H31N3O/c1-12(2)19(13(3)4)10-9-18-15(20)14-11-16(14)5-7-17-8-6-16/h12-14,17H,5-11H2,1-4H3,(H,18,20). The summed E-state index contributed by atoms with van der Waals surface area (Å²) < 4.78 is 0. The third-order valence-corrected chi connectivity index (χ3v) is 5.10. The Kier molecular flexibility index (Phi) is 5.08. The van der Waals surface area contributed by atoms with Crippen LogP contribution in [0.5, 0.6) is 0 Å². The molecule has 0 aromatic heterocycles. The number of rotatable bonds is 6. The number of amides is 1. The van der Waals surface area contributed by atoms with Crippen molar-refractivity contribution in [3.05, 3.63) is 0 Å². The van der Waals surface area contributed by atoms with Crippen LogP contribution >= 0.6 is 0 Å². The lowest BCUT2D eigenvalue weighted by Gasteiger charge is -2.30. The number of nitrogens with one attached hydrogen (secondary N) is 2. The Labute approximate surface area is 123 Å². The second kappa shape index (κ2) is 6.44. The third kappa shape index (κ3) is 3.53. The smallest absolute Gasteiger partial charge is 0.223 e. The molecule has 0 radical (unpaired) electrons. The summed E-state index contributed by atoms with van der Waals surface area (Å²) in [5, 5.41) is 6.54. The van der Waals surface area contributed by atoms with E-state index in [1.54, 1.807) is 0 Å². The molecule has 1 spiro atoms. The predicted molar refractivity (Wildman–Crippen MR) is 82.6 cm³/mol. The molecule has 4 nitrogen and oxygen atoms in total. The normalized spacial score (nSPS) is 24.6. The Bertz CT molecular complexity index is 327. The molecule has 1 atom stereocenters. The average Bonchev–Trinajstić information content (AvgIpc) is 3.08. The van der Waals surface area contributed by atoms with E-state index < -0.39 is 0 Å². The van der Waals surface area contributed by atoms with E-state index >= 15 is 0 Å². The molecule has 1 aliphatic heterocycles. The fraction of sp³-hybridized carbons (Fsp3) is 0.938. The van der Waals surface area contributed by atoms with Gasteiger partial charge in [-0.1, -0.05) is 0 Å². The van der Waals surface area contributed by atoms with Crippen LogP contribution < -0.4 is 10.6 Å². The minimum Gasteiger partial charge on any atom is -0.355 e. The maximum absolute atomic E-state index is 12.2. The number of carbonyl (C=O) groups is 1. The van der Waals surface area contributed by atoms with Crippen LogP contribution in [0.4, 0.5) is 0 Å². The van der Waals surface area contributed by atoms with E-state index in [9.17, 15) is 4.79 Å². The Balaban J connectivity index is 1.71. The zero-order chi connectivity index (χ0) is 14.8. The molecule has 0 aromatic rings. The van der Waals surface area contributed by atoms with Gasteiger partial charge in [-0.15, -0.1) is 0 Å². The maximum Gasteiger partial charge on any atom is 0.223 e. The molecule has 20 heavy (non-hydrogen) atoms. The number of piperidine rings is 1. The van der Waals surface area contributed by atoms with Crippen LogP contribution in [-0.2, 0) is 4.79 Å². The quantitative estimate of drug-likeness (QED) is 0.777. The molecule has 116 valence electrons. The molecule has 2 aliphatic rings. The summed E-state index contributed by atoms with van der Waals surface area (Å²) in [6, 6.07) is 1.06. The molecular formula is C16H31N3O. The van der Waals surface area contributed by atoms with Crippen LogP contribution in [0.2, 0.25) is 0 Å². The van der Waals surface area contributed by atoms with Crippen molar-refractivity contribution in [3.8, 4) is 0 Å². The van der Waals surface area contributed by atoms with E-state index in [-0.39, 0.29) is 5.92 Å². The molecule has 1 aliphatic carbocycles. The van der Waals surface area contributed by atoms with Gasteiger partial charge >= 0.3 is 0 Å². The van der Waals surface area contributed by atoms with Crippen molar-refractivity contribution in [2.24, 2.45) is 11.3 Å². The minimum absolute atomic E-state index is 0.288. The number of hydrogen-bond donors (Lipinski definition) is 2. The molecule has 0 aromatic carbocycles. The van der Waals surface area contributed by atoms with Crippen molar-refractivity contribution in [1.29, 1.82) is 0 Å². The molecule has 1 saturated carbocycles. The zero-order valence-corrected chi connectivity index (χ0v) is 13.5. The summed E-state index contributed by atoms with van der Waals surface area (Å²) in [6.45, 7) is 12.7. The Hall–Kier alpha value is -0.610. The summed E-state index contributed by atoms with van der Waals surface area (Å²) in [4.78, 5) is 14.7. The summed E-state index contributed by atoms with van der Waals surface area (Å²) in [5.74, 6) is 0.579. The zero-order valence-electron chi connectivity index (χ0n) is 13.5. The van der Waals surface area contributed by atoms with Gasteiger partial charge in [0, 0.05) is 31.1 Å². The number of nitrogens with zero attached hydrogens (tertiary/aromatic N) is 1. The van der Waals surface area contributed by atoms with Crippen molar-refractivity contribution in [2.75, 3.05) is 26.2 Å². The van der Waals surface area contributed by atoms with E-state index in [0.29, 0.717) is 23.4 Å². The lowest BCUT2D eigenvalue weighted by Crippen LogP contribution is -2.43. The van der Waals surface area contributed by atoms with Crippen LogP contribution in [0, 0.1) is 11.3 Å². The third-order valence-electron chi connectivity index (χ3n) is 5.10. The molecule has 4 heteroatoms. The van der Waals surface area contributed by atoms with Gasteiger partial charge in [-0.3, -0.25) is 9.69 Å². The molecule has 2 N–H and O–H groups in total. The first-order valence-corrected chi connectivity index (χ1v) is 8.20. The highest BCUT2D eigenvalue weighted by Crippen LogP contribution is 2.58. The molecule has 2 rings (SSSR count). The van der Waals surface area contributed by atoms with Gasteiger partial charge in [0.1, 0.15) is 0 Å². The first-order valence-electron chi connectivity index (χ1n) is 8.20.